The first-order chi connectivity index (χ1) is 12.2. The van der Waals surface area contributed by atoms with E-state index >= 15 is 0 Å². The van der Waals surface area contributed by atoms with E-state index in [1.165, 1.54) is 0 Å². The van der Waals surface area contributed by atoms with Gasteiger partial charge in [-0.05, 0) is 0 Å². The van der Waals surface area contributed by atoms with Crippen LogP contribution in [-0.4, -0.2) is 48.7 Å². The summed E-state index contributed by atoms with van der Waals surface area (Å²) >= 11 is 0. The molecule has 0 atom stereocenters. The largest absolute Gasteiger partial charge is 0.379 e. The van der Waals surface area contributed by atoms with E-state index in [0.717, 1.165) is 0 Å². The van der Waals surface area contributed by atoms with Gasteiger partial charge in [0.1, 0.15) is 0 Å². The van der Waals surface area contributed by atoms with Gasteiger partial charge >= 0.3 is 0 Å². The highest BCUT2D eigenvalue weighted by Crippen LogP contribution is 2.60. The Kier molecular flexibility index (Phi) is 7.14. The van der Waals surface area contributed by atoms with Crippen molar-refractivity contribution in [2.24, 2.45) is 10.8 Å². The molecule has 0 bridgehead atoms. The highest BCUT2D eigenvalue weighted by atomic mass is 19.3. The Morgan fingerprint density at radius 2 is 0.517 bits per heavy atom. The highest BCUT2D eigenvalue weighted by Gasteiger charge is 2.77. The van der Waals surface area contributed by atoms with Crippen molar-refractivity contribution in [2.45, 2.75) is 77.1 Å². The van der Waals surface area contributed by atoms with Crippen LogP contribution < -0.4 is 0 Å². The molecule has 0 aliphatic heterocycles. The van der Waals surface area contributed by atoms with Crippen molar-refractivity contribution in [1.82, 2.24) is 0 Å². The van der Waals surface area contributed by atoms with Crippen molar-refractivity contribution in [3.05, 3.63) is 0 Å². The zero-order valence-electron chi connectivity index (χ0n) is 16.4. The fourth-order valence-electron chi connectivity index (χ4n) is 3.43. The van der Waals surface area contributed by atoms with E-state index in [0.29, 0.717) is 0 Å². The Bertz CT molecular complexity index is 429. The second-order valence-electron chi connectivity index (χ2n) is 7.63. The van der Waals surface area contributed by atoms with Crippen molar-refractivity contribution in [1.29, 1.82) is 0 Å². The van der Waals surface area contributed by atoms with Gasteiger partial charge in [0.25, 0.3) is 35.5 Å². The summed E-state index contributed by atoms with van der Waals surface area (Å²) in [5.74, 6) is -29.6. The fourth-order valence-corrected chi connectivity index (χ4v) is 3.43. The first kappa shape index (κ1) is 28.1. The Morgan fingerprint density at radius 1 is 0.379 bits per heavy atom. The van der Waals surface area contributed by atoms with Gasteiger partial charge in [-0.3, -0.25) is 0 Å². The maximum Gasteiger partial charge on any atom is 0.264 e. The highest BCUT2D eigenvalue weighted by molar-refractivity contribution is 5.08. The molecule has 0 saturated carbocycles. The van der Waals surface area contributed by atoms with Crippen LogP contribution in [0, 0.1) is 10.8 Å². The van der Waals surface area contributed by atoms with Crippen LogP contribution in [0.5, 0.6) is 0 Å². The van der Waals surface area contributed by atoms with Crippen LogP contribution >= 0.6 is 0 Å². The molecule has 0 aliphatic rings. The number of ether oxygens (including phenoxy) is 1. The SMILES string of the molecule is CC(F)(F)C(COCC(C(C)(F)F)(C(C)(F)F)C(C)(F)F)(C(C)(F)F)C(C)(F)F. The average molecular weight is 458 g/mol. The summed E-state index contributed by atoms with van der Waals surface area (Å²) in [6.07, 6.45) is 0. The Hall–Kier alpha value is -0.880. The van der Waals surface area contributed by atoms with Crippen LogP contribution in [0.25, 0.3) is 0 Å². The van der Waals surface area contributed by atoms with Crippen LogP contribution in [0.1, 0.15) is 41.5 Å². The first-order valence-corrected chi connectivity index (χ1v) is 8.05. The number of rotatable bonds is 10. The van der Waals surface area contributed by atoms with Crippen molar-refractivity contribution in [2.75, 3.05) is 13.2 Å². The number of alkyl halides is 12. The molecule has 0 spiro atoms. The molecule has 0 unspecified atom stereocenters. The monoisotopic (exact) mass is 458 g/mol. The molecule has 0 aromatic carbocycles. The Labute approximate surface area is 159 Å². The van der Waals surface area contributed by atoms with E-state index in [-0.39, 0.29) is 41.5 Å². The van der Waals surface area contributed by atoms with Gasteiger partial charge in [0.05, 0.1) is 13.2 Å². The molecule has 0 rings (SSSR count). The summed E-state index contributed by atoms with van der Waals surface area (Å²) in [5, 5.41) is 0. The molecule has 0 fully saturated rings. The predicted octanol–water partition coefficient (Wildman–Crippen LogP) is 6.91. The van der Waals surface area contributed by atoms with Gasteiger partial charge in [-0.25, -0.2) is 52.7 Å². The van der Waals surface area contributed by atoms with Gasteiger partial charge in [-0.15, -0.1) is 0 Å². The molecule has 1 nitrogen and oxygen atoms in total. The molecule has 0 aromatic heterocycles. The fraction of sp³-hybridized carbons (Fsp3) is 1.00. The van der Waals surface area contributed by atoms with Crippen molar-refractivity contribution < 1.29 is 57.4 Å². The molecule has 0 heterocycles. The molecule has 29 heavy (non-hydrogen) atoms. The van der Waals surface area contributed by atoms with Crippen LogP contribution in [0.3, 0.4) is 0 Å². The molecule has 13 heteroatoms. The van der Waals surface area contributed by atoms with Crippen LogP contribution in [-0.2, 0) is 4.74 Å². The van der Waals surface area contributed by atoms with Crippen molar-refractivity contribution in [3.8, 4) is 0 Å². The van der Waals surface area contributed by atoms with E-state index in [4.69, 9.17) is 0 Å². The van der Waals surface area contributed by atoms with Crippen LogP contribution in [0.15, 0.2) is 0 Å². The normalized spacial score (nSPS) is 16.3. The quantitative estimate of drug-likeness (QED) is 0.324. The lowest BCUT2D eigenvalue weighted by molar-refractivity contribution is -0.348. The van der Waals surface area contributed by atoms with Gasteiger partial charge in [0, 0.05) is 41.5 Å². The third kappa shape index (κ3) is 4.58. The second kappa shape index (κ2) is 7.37. The topological polar surface area (TPSA) is 9.23 Å². The molecular formula is C16H22F12O. The minimum Gasteiger partial charge on any atom is -0.379 e. The maximum absolute atomic E-state index is 13.9. The molecule has 0 amide bonds. The summed E-state index contributed by atoms with van der Waals surface area (Å²) in [7, 11) is 0. The first-order valence-electron chi connectivity index (χ1n) is 8.05. The Balaban J connectivity index is 6.44. The van der Waals surface area contributed by atoms with Gasteiger partial charge in [-0.1, -0.05) is 0 Å². The standard InChI is InChI=1S/C16H22F12O/c1-9(17,18)15(10(2,19)20,11(3,21)22)7-29-8-16(12(4,23)24,13(5,25)26)14(6,27)28/h7-8H2,1-6H3. The summed E-state index contributed by atoms with van der Waals surface area (Å²) in [5.41, 5.74) is -9.40. The van der Waals surface area contributed by atoms with Crippen LogP contribution in [0.4, 0.5) is 52.7 Å². The number of hydrogen-bond donors (Lipinski definition) is 0. The third-order valence-electron chi connectivity index (χ3n) is 5.13. The van der Waals surface area contributed by atoms with Gasteiger partial charge < -0.3 is 4.74 Å². The summed E-state index contributed by atoms with van der Waals surface area (Å²) < 4.78 is 170. The summed E-state index contributed by atoms with van der Waals surface area (Å²) in [6.45, 7) is -6.96. The summed E-state index contributed by atoms with van der Waals surface area (Å²) in [6, 6.07) is 0. The van der Waals surface area contributed by atoms with Crippen molar-refractivity contribution in [3.63, 3.8) is 0 Å². The second-order valence-corrected chi connectivity index (χ2v) is 7.63. The van der Waals surface area contributed by atoms with E-state index in [1.54, 1.807) is 0 Å². The van der Waals surface area contributed by atoms with E-state index in [2.05, 4.69) is 4.74 Å². The predicted molar refractivity (Wildman–Crippen MR) is 79.4 cm³/mol. The molecule has 176 valence electrons. The number of hydrogen-bond acceptors (Lipinski definition) is 1. The van der Waals surface area contributed by atoms with Gasteiger partial charge in [0.2, 0.25) is 0 Å². The Morgan fingerprint density at radius 3 is 0.621 bits per heavy atom. The maximum atomic E-state index is 13.9. The lowest BCUT2D eigenvalue weighted by Gasteiger charge is -2.48. The smallest absolute Gasteiger partial charge is 0.264 e. The third-order valence-corrected chi connectivity index (χ3v) is 5.13. The molecule has 0 saturated heterocycles. The summed E-state index contributed by atoms with van der Waals surface area (Å²) in [4.78, 5) is 0. The van der Waals surface area contributed by atoms with Crippen molar-refractivity contribution >= 4 is 0 Å². The van der Waals surface area contributed by atoms with E-state index < -0.39 is 59.6 Å². The minimum atomic E-state index is -4.94. The van der Waals surface area contributed by atoms with Gasteiger partial charge in [-0.2, -0.15) is 0 Å². The lowest BCUT2D eigenvalue weighted by Crippen LogP contribution is -2.66. The minimum absolute atomic E-state index is 0.338. The average Bonchev–Trinajstić information content (AvgIpc) is 2.27. The molecule has 0 aromatic rings. The molecular weight excluding hydrogens is 436 g/mol. The lowest BCUT2D eigenvalue weighted by atomic mass is 9.70. The van der Waals surface area contributed by atoms with Crippen LogP contribution in [0.2, 0.25) is 0 Å². The van der Waals surface area contributed by atoms with E-state index in [9.17, 15) is 52.7 Å². The molecule has 0 N–H and O–H groups in total. The van der Waals surface area contributed by atoms with E-state index in [1.807, 2.05) is 0 Å². The zero-order valence-corrected chi connectivity index (χ0v) is 16.4. The van der Waals surface area contributed by atoms with Gasteiger partial charge in [0.15, 0.2) is 10.8 Å². The number of halogens is 12. The zero-order chi connectivity index (χ0) is 24.1. The molecule has 0 aliphatic carbocycles. The molecule has 0 radical (unpaired) electrons.